The molecular weight excluding hydrogens is 589 g/mol. The van der Waals surface area contributed by atoms with Crippen molar-refractivity contribution >= 4 is 40.7 Å². The summed E-state index contributed by atoms with van der Waals surface area (Å²) in [6, 6.07) is 0. The van der Waals surface area contributed by atoms with E-state index in [1.54, 1.807) is 44.5 Å². The molecular formula is C33H40FNO8S. The van der Waals surface area contributed by atoms with Gasteiger partial charge < -0.3 is 19.3 Å². The molecule has 1 aromatic rings. The number of ether oxygens (including phenoxy) is 3. The van der Waals surface area contributed by atoms with Crippen LogP contribution in [-0.2, 0) is 35.0 Å². The standard InChI is InChI=1S/C33H40FNO8S/c1-18-10-23-22-7-6-20-12-21(36)8-9-30(20,5)32(22,34)25(37)13-31(23)17-42-33(18,31)26(38)14-41-27(39)11-19-15-44-16-24(19)35-28(40)43-29(2,3)4/h8-9,12,15-16,18,22-23,25,37H,6-7,10-11,13-14,17H2,1-5H3,(H,35,40)/t18-,22+,23+,25+,30+,31-,32+,33+/m1/s1. The average Bonchev–Trinajstić information content (AvgIpc) is 3.40. The molecule has 44 heavy (non-hydrogen) atoms. The summed E-state index contributed by atoms with van der Waals surface area (Å²) in [5.74, 6) is -2.19. The molecule has 9 nitrogen and oxygen atoms in total. The molecule has 0 unspecified atom stereocenters. The van der Waals surface area contributed by atoms with Crippen molar-refractivity contribution in [3.05, 3.63) is 40.1 Å². The Morgan fingerprint density at radius 3 is 2.66 bits per heavy atom. The number of esters is 1. The molecule has 0 aromatic carbocycles. The molecule has 2 heterocycles. The summed E-state index contributed by atoms with van der Waals surface area (Å²) in [5, 5.41) is 17.6. The van der Waals surface area contributed by atoms with E-state index in [4.69, 9.17) is 14.2 Å². The number of thiophene rings is 1. The third kappa shape index (κ3) is 4.36. The van der Waals surface area contributed by atoms with Gasteiger partial charge in [0.25, 0.3) is 0 Å². The number of alkyl halides is 1. The lowest BCUT2D eigenvalue weighted by molar-refractivity contribution is -0.310. The predicted octanol–water partition coefficient (Wildman–Crippen LogP) is 5.12. The number of Topliss-reactive ketones (excluding diaryl/α,β-unsaturated/α-hetero) is 1. The Kier molecular flexibility index (Phi) is 7.29. The van der Waals surface area contributed by atoms with Gasteiger partial charge in [-0.05, 0) is 88.3 Å². The highest BCUT2D eigenvalue weighted by Crippen LogP contribution is 2.74. The molecule has 5 aliphatic rings. The van der Waals surface area contributed by atoms with E-state index < -0.39 is 58.4 Å². The van der Waals surface area contributed by atoms with E-state index in [1.807, 2.05) is 6.92 Å². The van der Waals surface area contributed by atoms with Crippen LogP contribution in [0.2, 0.25) is 0 Å². The minimum Gasteiger partial charge on any atom is -0.457 e. The molecule has 1 spiro atoms. The molecule has 1 aromatic heterocycles. The molecule has 1 saturated heterocycles. The van der Waals surface area contributed by atoms with Crippen LogP contribution in [0.25, 0.3) is 0 Å². The van der Waals surface area contributed by atoms with Crippen molar-refractivity contribution < 1.29 is 42.9 Å². The van der Waals surface area contributed by atoms with Gasteiger partial charge in [-0.25, -0.2) is 9.18 Å². The van der Waals surface area contributed by atoms with E-state index in [0.717, 1.165) is 0 Å². The van der Waals surface area contributed by atoms with Crippen molar-refractivity contribution in [1.29, 1.82) is 0 Å². The minimum atomic E-state index is -1.99. The van der Waals surface area contributed by atoms with Crippen LogP contribution in [0.1, 0.15) is 65.9 Å². The van der Waals surface area contributed by atoms with Crippen molar-refractivity contribution in [1.82, 2.24) is 0 Å². The normalized spacial score (nSPS) is 38.7. The van der Waals surface area contributed by atoms with Gasteiger partial charge in [-0.15, -0.1) is 11.3 Å². The first kappa shape index (κ1) is 31.1. The average molecular weight is 630 g/mol. The fourth-order valence-corrected chi connectivity index (χ4v) is 9.90. The Hall–Kier alpha value is -2.89. The number of hydrogen-bond acceptors (Lipinski definition) is 9. The smallest absolute Gasteiger partial charge is 0.412 e. The van der Waals surface area contributed by atoms with Crippen molar-refractivity contribution in [2.24, 2.45) is 28.6 Å². The zero-order valence-electron chi connectivity index (χ0n) is 25.7. The highest BCUT2D eigenvalue weighted by atomic mass is 32.1. The zero-order chi connectivity index (χ0) is 31.9. The fraction of sp³-hybridized carbons (Fsp3) is 0.636. The monoisotopic (exact) mass is 629 g/mol. The van der Waals surface area contributed by atoms with Crippen LogP contribution in [0.15, 0.2) is 34.6 Å². The summed E-state index contributed by atoms with van der Waals surface area (Å²) in [5.41, 5.74) is -4.14. The number of rotatable bonds is 6. The molecule has 4 fully saturated rings. The van der Waals surface area contributed by atoms with E-state index in [-0.39, 0.29) is 42.9 Å². The number of aliphatic hydroxyl groups excluding tert-OH is 1. The first-order valence-electron chi connectivity index (χ1n) is 15.3. The van der Waals surface area contributed by atoms with Crippen LogP contribution < -0.4 is 5.32 Å². The lowest BCUT2D eigenvalue weighted by Crippen LogP contribution is -2.76. The number of carbonyl (C=O) groups is 4. The summed E-state index contributed by atoms with van der Waals surface area (Å²) < 4.78 is 34.3. The highest BCUT2D eigenvalue weighted by Gasteiger charge is 2.81. The molecule has 6 rings (SSSR count). The van der Waals surface area contributed by atoms with E-state index in [2.05, 4.69) is 5.32 Å². The third-order valence-electron chi connectivity index (χ3n) is 11.0. The second kappa shape index (κ2) is 10.3. The molecule has 0 radical (unpaired) electrons. The van der Waals surface area contributed by atoms with E-state index in [1.165, 1.54) is 23.5 Å². The Bertz CT molecular complexity index is 1480. The number of amides is 1. The van der Waals surface area contributed by atoms with Crippen molar-refractivity contribution in [2.75, 3.05) is 18.5 Å². The molecule has 8 atom stereocenters. The number of hydrogen-bond donors (Lipinski definition) is 2. The van der Waals surface area contributed by atoms with Crippen molar-refractivity contribution in [3.63, 3.8) is 0 Å². The summed E-state index contributed by atoms with van der Waals surface area (Å²) in [6.45, 7) is 8.66. The fourth-order valence-electron chi connectivity index (χ4n) is 9.11. The third-order valence-corrected chi connectivity index (χ3v) is 11.7. The van der Waals surface area contributed by atoms with Gasteiger partial charge in [-0.3, -0.25) is 19.7 Å². The Labute approximate surface area is 260 Å². The van der Waals surface area contributed by atoms with Gasteiger partial charge in [-0.1, -0.05) is 18.6 Å². The minimum absolute atomic E-state index is 0.0496. The number of fused-ring (bicyclic) bond motifs is 4. The summed E-state index contributed by atoms with van der Waals surface area (Å²) in [6.07, 6.45) is 3.96. The first-order chi connectivity index (χ1) is 20.6. The van der Waals surface area contributed by atoms with Crippen LogP contribution in [0.4, 0.5) is 14.9 Å². The Morgan fingerprint density at radius 2 is 1.98 bits per heavy atom. The number of anilines is 1. The largest absolute Gasteiger partial charge is 0.457 e. The van der Waals surface area contributed by atoms with Gasteiger partial charge in [0.2, 0.25) is 5.78 Å². The van der Waals surface area contributed by atoms with Crippen LogP contribution in [-0.4, -0.2) is 64.9 Å². The lowest BCUT2D eigenvalue weighted by atomic mass is 9.43. The molecule has 4 aliphatic carbocycles. The molecule has 11 heteroatoms. The van der Waals surface area contributed by atoms with Gasteiger partial charge in [0.15, 0.2) is 18.1 Å². The van der Waals surface area contributed by atoms with E-state index in [9.17, 15) is 24.3 Å². The molecule has 1 aliphatic heterocycles. The van der Waals surface area contributed by atoms with Crippen LogP contribution in [0, 0.1) is 28.6 Å². The maximum atomic E-state index is 17.4. The number of ketones is 2. The summed E-state index contributed by atoms with van der Waals surface area (Å²) >= 11 is 1.31. The maximum Gasteiger partial charge on any atom is 0.412 e. The van der Waals surface area contributed by atoms with Gasteiger partial charge in [-0.2, -0.15) is 0 Å². The number of carbonyl (C=O) groups excluding carboxylic acids is 4. The quantitative estimate of drug-likeness (QED) is 0.416. The number of aliphatic hydroxyl groups is 1. The SMILES string of the molecule is C[C@@H]1C[C@H]2[C@@H]3CCC4=CC(=O)C=C[C@]4(C)[C@@]3(F)[C@@H](O)C[C@@]23CO[C@]13C(=O)COC(=O)Cc1cscc1NC(=O)OC(C)(C)C. The molecule has 0 bridgehead atoms. The van der Waals surface area contributed by atoms with Crippen LogP contribution in [0.5, 0.6) is 0 Å². The van der Waals surface area contributed by atoms with Crippen LogP contribution in [0.3, 0.4) is 0 Å². The zero-order valence-corrected chi connectivity index (χ0v) is 26.6. The number of nitrogens with one attached hydrogen (secondary N) is 1. The maximum absolute atomic E-state index is 17.4. The van der Waals surface area contributed by atoms with Gasteiger partial charge in [0, 0.05) is 22.1 Å². The predicted molar refractivity (Wildman–Crippen MR) is 160 cm³/mol. The summed E-state index contributed by atoms with van der Waals surface area (Å²) in [4.78, 5) is 51.1. The van der Waals surface area contributed by atoms with Gasteiger partial charge >= 0.3 is 12.1 Å². The first-order valence-corrected chi connectivity index (χ1v) is 16.2. The highest BCUT2D eigenvalue weighted by molar-refractivity contribution is 7.08. The van der Waals surface area contributed by atoms with Crippen molar-refractivity contribution in [2.45, 2.75) is 89.7 Å². The van der Waals surface area contributed by atoms with Gasteiger partial charge in [0.05, 0.1) is 24.8 Å². The second-order valence-corrected chi connectivity index (χ2v) is 15.1. The molecule has 1 amide bonds. The Morgan fingerprint density at radius 1 is 1.23 bits per heavy atom. The molecule has 3 saturated carbocycles. The van der Waals surface area contributed by atoms with E-state index in [0.29, 0.717) is 36.1 Å². The lowest BCUT2D eigenvalue weighted by Gasteiger charge is -2.67. The number of halogens is 1. The topological polar surface area (TPSA) is 128 Å². The second-order valence-electron chi connectivity index (χ2n) is 14.4. The number of allylic oxidation sites excluding steroid dienone is 4. The van der Waals surface area contributed by atoms with Crippen molar-refractivity contribution in [3.8, 4) is 0 Å². The molecule has 238 valence electrons. The van der Waals surface area contributed by atoms with Gasteiger partial charge in [0.1, 0.15) is 11.2 Å². The van der Waals surface area contributed by atoms with Crippen LogP contribution >= 0.6 is 11.3 Å². The van der Waals surface area contributed by atoms with E-state index >= 15 is 4.39 Å². The Balaban J connectivity index is 1.16. The summed E-state index contributed by atoms with van der Waals surface area (Å²) in [7, 11) is 0. The molecule has 2 N–H and O–H groups in total.